The van der Waals surface area contributed by atoms with Crippen molar-refractivity contribution >= 4 is 52.3 Å². The second-order valence-electron chi connectivity index (χ2n) is 7.76. The Balaban J connectivity index is 1.53. The van der Waals surface area contributed by atoms with Crippen molar-refractivity contribution in [1.82, 2.24) is 9.80 Å². The Kier molecular flexibility index (Phi) is 6.85. The van der Waals surface area contributed by atoms with Gasteiger partial charge in [0, 0.05) is 24.1 Å². The third-order valence-corrected chi connectivity index (χ3v) is 7.33. The Bertz CT molecular complexity index is 1160. The molecule has 2 aliphatic heterocycles. The van der Waals surface area contributed by atoms with Crippen LogP contribution in [0.4, 0.5) is 10.5 Å². The number of nitro groups is 1. The van der Waals surface area contributed by atoms with E-state index in [0.717, 1.165) is 40.0 Å². The number of thioether (sulfide) groups is 1. The van der Waals surface area contributed by atoms with Crippen LogP contribution in [0.15, 0.2) is 57.2 Å². The van der Waals surface area contributed by atoms with Crippen molar-refractivity contribution in [3.63, 3.8) is 0 Å². The molecule has 2 aliphatic rings. The Morgan fingerprint density at radius 3 is 2.52 bits per heavy atom. The first-order chi connectivity index (χ1) is 15.8. The highest BCUT2D eigenvalue weighted by Crippen LogP contribution is 2.37. The van der Waals surface area contributed by atoms with Crippen LogP contribution in [-0.4, -0.2) is 51.4 Å². The van der Waals surface area contributed by atoms with Gasteiger partial charge in [-0.25, -0.2) is 0 Å². The molecule has 0 atom stereocenters. The van der Waals surface area contributed by atoms with E-state index in [1.807, 2.05) is 31.2 Å². The van der Waals surface area contributed by atoms with Crippen LogP contribution in [0.25, 0.3) is 6.08 Å². The van der Waals surface area contributed by atoms with Crippen molar-refractivity contribution in [2.75, 3.05) is 19.6 Å². The largest absolute Gasteiger partial charge is 0.341 e. The summed E-state index contributed by atoms with van der Waals surface area (Å²) in [6.07, 6.45) is 3.30. The molecule has 0 aliphatic carbocycles. The maximum absolute atomic E-state index is 12.7. The van der Waals surface area contributed by atoms with E-state index in [-0.39, 0.29) is 23.0 Å². The molecule has 0 radical (unpaired) electrons. The Morgan fingerprint density at radius 2 is 1.85 bits per heavy atom. The highest BCUT2D eigenvalue weighted by molar-refractivity contribution is 8.18. The number of aryl methyl sites for hydroxylation is 1. The van der Waals surface area contributed by atoms with Gasteiger partial charge in [0.15, 0.2) is 0 Å². The number of nitrogens with zero attached hydrogens (tertiary/aromatic N) is 3. The first-order valence-electron chi connectivity index (χ1n) is 10.4. The molecule has 2 fully saturated rings. The van der Waals surface area contributed by atoms with Crippen LogP contribution in [0.5, 0.6) is 0 Å². The number of carbonyl (C=O) groups is 3. The number of likely N-dealkylation sites (tertiary alicyclic amines) is 1. The normalized spacial score (nSPS) is 17.3. The van der Waals surface area contributed by atoms with Crippen molar-refractivity contribution < 1.29 is 19.3 Å². The summed E-state index contributed by atoms with van der Waals surface area (Å²) in [5.41, 5.74) is 1.45. The minimum atomic E-state index is -0.557. The number of carbonyl (C=O) groups excluding carboxylic acids is 3. The fourth-order valence-corrected chi connectivity index (χ4v) is 5.31. The summed E-state index contributed by atoms with van der Waals surface area (Å²) < 4.78 is 0. The zero-order chi connectivity index (χ0) is 23.5. The van der Waals surface area contributed by atoms with E-state index in [1.54, 1.807) is 17.0 Å². The van der Waals surface area contributed by atoms with Crippen LogP contribution < -0.4 is 0 Å². The molecule has 0 spiro atoms. The molecule has 170 valence electrons. The minimum Gasteiger partial charge on any atom is -0.341 e. The highest BCUT2D eigenvalue weighted by atomic mass is 32.2. The third-order valence-electron chi connectivity index (χ3n) is 5.35. The van der Waals surface area contributed by atoms with Gasteiger partial charge in [0.25, 0.3) is 16.8 Å². The lowest BCUT2D eigenvalue weighted by atomic mass is 10.2. The number of amides is 3. The number of hydrogen-bond donors (Lipinski definition) is 0. The first-order valence-corrected chi connectivity index (χ1v) is 12.0. The molecule has 10 heteroatoms. The molecule has 0 unspecified atom stereocenters. The molecule has 0 saturated carbocycles. The molecule has 0 aromatic heterocycles. The third kappa shape index (κ3) is 5.28. The van der Waals surface area contributed by atoms with Gasteiger partial charge in [-0.2, -0.15) is 0 Å². The molecular weight excluding hydrogens is 462 g/mol. The molecule has 8 nitrogen and oxygen atoms in total. The summed E-state index contributed by atoms with van der Waals surface area (Å²) in [7, 11) is 0. The van der Waals surface area contributed by atoms with E-state index in [9.17, 15) is 24.5 Å². The number of rotatable bonds is 6. The Morgan fingerprint density at radius 1 is 1.15 bits per heavy atom. The average molecular weight is 484 g/mol. The van der Waals surface area contributed by atoms with Crippen molar-refractivity contribution in [2.24, 2.45) is 0 Å². The van der Waals surface area contributed by atoms with E-state index in [4.69, 9.17) is 0 Å². The number of nitro benzene ring substituents is 1. The summed E-state index contributed by atoms with van der Waals surface area (Å²) >= 11 is 2.02. The van der Waals surface area contributed by atoms with Crippen LogP contribution >= 0.6 is 23.5 Å². The second-order valence-corrected chi connectivity index (χ2v) is 9.86. The lowest BCUT2D eigenvalue weighted by Crippen LogP contribution is -2.40. The molecule has 4 rings (SSSR count). The van der Waals surface area contributed by atoms with Gasteiger partial charge in [0.05, 0.1) is 14.7 Å². The predicted molar refractivity (Wildman–Crippen MR) is 127 cm³/mol. The van der Waals surface area contributed by atoms with Crippen LogP contribution in [0.3, 0.4) is 0 Å². The zero-order valence-corrected chi connectivity index (χ0v) is 19.5. The standard InChI is InChI=1S/C23H21N3O5S2/c1-15-4-7-17(8-5-15)32-19-9-6-16(12-18(19)26(30)31)13-20-22(28)25(23(29)33-20)14-21(27)24-10-2-3-11-24/h4-9,12-13H,2-3,10-11,14H2,1H3/b20-13-. The second kappa shape index (κ2) is 9.80. The molecule has 2 aromatic rings. The summed E-state index contributed by atoms with van der Waals surface area (Å²) in [6.45, 7) is 2.97. The maximum Gasteiger partial charge on any atom is 0.294 e. The summed E-state index contributed by atoms with van der Waals surface area (Å²) in [4.78, 5) is 52.7. The SMILES string of the molecule is Cc1ccc(Sc2ccc(/C=C3\SC(=O)N(CC(=O)N4CCCC4)C3=O)cc2[N+](=O)[O-])cc1. The smallest absolute Gasteiger partial charge is 0.294 e. The van der Waals surface area contributed by atoms with Gasteiger partial charge in [-0.1, -0.05) is 35.5 Å². The number of imide groups is 1. The van der Waals surface area contributed by atoms with Crippen molar-refractivity contribution in [3.8, 4) is 0 Å². The topological polar surface area (TPSA) is 101 Å². The van der Waals surface area contributed by atoms with Gasteiger partial charge in [0.2, 0.25) is 5.91 Å². The quantitative estimate of drug-likeness (QED) is 0.333. The van der Waals surface area contributed by atoms with Crippen LogP contribution in [0.1, 0.15) is 24.0 Å². The monoisotopic (exact) mass is 483 g/mol. The van der Waals surface area contributed by atoms with E-state index < -0.39 is 16.1 Å². The lowest BCUT2D eigenvalue weighted by molar-refractivity contribution is -0.387. The highest BCUT2D eigenvalue weighted by Gasteiger charge is 2.37. The average Bonchev–Trinajstić information content (AvgIpc) is 3.41. The molecule has 33 heavy (non-hydrogen) atoms. The predicted octanol–water partition coefficient (Wildman–Crippen LogP) is 4.71. The zero-order valence-electron chi connectivity index (χ0n) is 17.9. The number of hydrogen-bond acceptors (Lipinski definition) is 7. The molecule has 2 heterocycles. The van der Waals surface area contributed by atoms with Crippen molar-refractivity contribution in [1.29, 1.82) is 0 Å². The van der Waals surface area contributed by atoms with Gasteiger partial charge in [-0.15, -0.1) is 0 Å². The van der Waals surface area contributed by atoms with Gasteiger partial charge < -0.3 is 4.90 Å². The van der Waals surface area contributed by atoms with Gasteiger partial charge >= 0.3 is 0 Å². The molecule has 3 amide bonds. The van der Waals surface area contributed by atoms with Crippen molar-refractivity contribution in [3.05, 3.63) is 68.6 Å². The summed E-state index contributed by atoms with van der Waals surface area (Å²) in [6, 6.07) is 12.4. The van der Waals surface area contributed by atoms with Gasteiger partial charge in [0.1, 0.15) is 6.54 Å². The molecular formula is C23H21N3O5S2. The van der Waals surface area contributed by atoms with E-state index in [2.05, 4.69) is 0 Å². The molecule has 0 bridgehead atoms. The Labute approximate surface area is 199 Å². The number of benzene rings is 2. The first kappa shape index (κ1) is 23.1. The maximum atomic E-state index is 12.7. The fraction of sp³-hybridized carbons (Fsp3) is 0.261. The fourth-order valence-electron chi connectivity index (χ4n) is 3.58. The van der Waals surface area contributed by atoms with Crippen LogP contribution in [-0.2, 0) is 9.59 Å². The summed E-state index contributed by atoms with van der Waals surface area (Å²) in [5.74, 6) is -0.803. The van der Waals surface area contributed by atoms with E-state index in [1.165, 1.54) is 23.9 Å². The van der Waals surface area contributed by atoms with Gasteiger partial charge in [-0.3, -0.25) is 29.4 Å². The lowest BCUT2D eigenvalue weighted by Gasteiger charge is -2.18. The summed E-state index contributed by atoms with van der Waals surface area (Å²) in [5, 5.41) is 11.2. The molecule has 2 saturated heterocycles. The minimum absolute atomic E-state index is 0.0854. The Hall–Kier alpha value is -3.11. The van der Waals surface area contributed by atoms with Gasteiger partial charge in [-0.05, 0) is 61.4 Å². The molecule has 2 aromatic carbocycles. The van der Waals surface area contributed by atoms with Crippen molar-refractivity contribution in [2.45, 2.75) is 29.6 Å². The molecule has 0 N–H and O–H groups in total. The van der Waals surface area contributed by atoms with Crippen LogP contribution in [0, 0.1) is 17.0 Å². The van der Waals surface area contributed by atoms with Crippen LogP contribution in [0.2, 0.25) is 0 Å². The van der Waals surface area contributed by atoms with E-state index in [0.29, 0.717) is 23.5 Å². The van der Waals surface area contributed by atoms with E-state index >= 15 is 0 Å².